The fourth-order valence-corrected chi connectivity index (χ4v) is 3.24. The summed E-state index contributed by atoms with van der Waals surface area (Å²) in [7, 11) is 1.25. The number of amides is 3. The van der Waals surface area contributed by atoms with E-state index in [0.717, 1.165) is 13.8 Å². The van der Waals surface area contributed by atoms with Crippen molar-refractivity contribution in [1.29, 1.82) is 0 Å². The molecule has 3 N–H and O–H groups in total. The molecule has 15 heteroatoms. The molecule has 6 atom stereocenters. The van der Waals surface area contributed by atoms with Crippen molar-refractivity contribution in [1.82, 2.24) is 16.0 Å². The van der Waals surface area contributed by atoms with Gasteiger partial charge in [-0.05, 0) is 13.8 Å². The molecule has 15 nitrogen and oxygen atoms in total. The van der Waals surface area contributed by atoms with Crippen molar-refractivity contribution in [3.63, 3.8) is 0 Å². The predicted molar refractivity (Wildman–Crippen MR) is 118 cm³/mol. The van der Waals surface area contributed by atoms with Gasteiger partial charge in [-0.1, -0.05) is 0 Å². The van der Waals surface area contributed by atoms with Crippen molar-refractivity contribution in [3.05, 3.63) is 0 Å². The van der Waals surface area contributed by atoms with E-state index in [4.69, 9.17) is 28.4 Å². The zero-order valence-electron chi connectivity index (χ0n) is 21.0. The molecule has 1 heterocycles. The molecule has 1 fully saturated rings. The average molecular weight is 520 g/mol. The zero-order valence-corrected chi connectivity index (χ0v) is 21.0. The first kappa shape index (κ1) is 30.6. The molecule has 0 bridgehead atoms. The third kappa shape index (κ3) is 10.0. The lowest BCUT2D eigenvalue weighted by Gasteiger charge is -2.44. The van der Waals surface area contributed by atoms with E-state index in [9.17, 15) is 28.8 Å². The monoisotopic (exact) mass is 519 g/mol. The van der Waals surface area contributed by atoms with Gasteiger partial charge in [0, 0.05) is 27.9 Å². The minimum Gasteiger partial charge on any atom is -0.465 e. The highest BCUT2D eigenvalue weighted by Crippen LogP contribution is 2.27. The quantitative estimate of drug-likeness (QED) is 0.212. The Morgan fingerprint density at radius 1 is 0.917 bits per heavy atom. The summed E-state index contributed by atoms with van der Waals surface area (Å²) in [6, 6.07) is -3.19. The molecule has 0 radical (unpaired) electrons. The number of carbonyl (C=O) groups excluding carboxylic acids is 6. The molecule has 1 aliphatic heterocycles. The molecule has 1 rings (SSSR count). The van der Waals surface area contributed by atoms with Gasteiger partial charge in [-0.25, -0.2) is 4.79 Å². The van der Waals surface area contributed by atoms with Gasteiger partial charge >= 0.3 is 29.9 Å². The number of carbonyl (C=O) groups is 6. The molecule has 0 aromatic rings. The maximum Gasteiger partial charge on any atom is 0.325 e. The lowest BCUT2D eigenvalue weighted by atomic mass is 9.96. The number of methoxy groups -OCH3 is 1. The van der Waals surface area contributed by atoms with Crippen LogP contribution in [0.15, 0.2) is 0 Å². The molecule has 204 valence electrons. The smallest absolute Gasteiger partial charge is 0.325 e. The first-order chi connectivity index (χ1) is 16.9. The predicted octanol–water partition coefficient (Wildman–Crippen LogP) is -1.48. The van der Waals surface area contributed by atoms with Gasteiger partial charge in [0.2, 0.25) is 5.91 Å². The van der Waals surface area contributed by atoms with Crippen molar-refractivity contribution in [2.45, 2.75) is 71.3 Å². The summed E-state index contributed by atoms with van der Waals surface area (Å²) < 4.78 is 31.3. The zero-order chi connectivity index (χ0) is 27.4. The van der Waals surface area contributed by atoms with Gasteiger partial charge in [0.1, 0.15) is 31.3 Å². The fourth-order valence-electron chi connectivity index (χ4n) is 3.24. The van der Waals surface area contributed by atoms with E-state index in [2.05, 4.69) is 16.0 Å². The van der Waals surface area contributed by atoms with Crippen LogP contribution in [0.4, 0.5) is 4.79 Å². The van der Waals surface area contributed by atoms with Crippen molar-refractivity contribution in [2.24, 2.45) is 0 Å². The van der Waals surface area contributed by atoms with E-state index in [1.165, 1.54) is 21.0 Å². The molecule has 1 aliphatic rings. The Balaban J connectivity index is 3.02. The van der Waals surface area contributed by atoms with Crippen molar-refractivity contribution >= 4 is 35.8 Å². The van der Waals surface area contributed by atoms with Crippen LogP contribution >= 0.6 is 0 Å². The molecule has 1 saturated heterocycles. The summed E-state index contributed by atoms with van der Waals surface area (Å²) in [6.45, 7) is 5.77. The van der Waals surface area contributed by atoms with Gasteiger partial charge in [-0.2, -0.15) is 0 Å². The van der Waals surface area contributed by atoms with Gasteiger partial charge in [0.15, 0.2) is 18.5 Å². The number of rotatable bonds is 11. The van der Waals surface area contributed by atoms with Crippen LogP contribution in [0.3, 0.4) is 0 Å². The Kier molecular flexibility index (Phi) is 12.6. The minimum absolute atomic E-state index is 0.147. The van der Waals surface area contributed by atoms with Crippen LogP contribution in [0, 0.1) is 0 Å². The maximum atomic E-state index is 12.7. The first-order valence-corrected chi connectivity index (χ1v) is 11.1. The lowest BCUT2D eigenvalue weighted by Crippen LogP contribution is -2.67. The standard InChI is InChI=1S/C21H33N3O12/c1-7-32-15(28)8-22-19(29)10(2)23-21(30)24-16-18(35-13(5)27)17(34-12(4)26)14(9-33-11(3)25)36-20(16)31-6/h10,14,16-18,20H,7-9H2,1-6H3,(H,22,29)(H2,23,24,30)/t10-,14+,16+,17+,18+,20+/m0/s1. The van der Waals surface area contributed by atoms with Crippen LogP contribution in [0.2, 0.25) is 0 Å². The molecule has 0 unspecified atom stereocenters. The molecule has 36 heavy (non-hydrogen) atoms. The van der Waals surface area contributed by atoms with E-state index >= 15 is 0 Å². The SMILES string of the molecule is CCOC(=O)CNC(=O)[C@H](C)NC(=O)N[C@H]1[C@H](OC)O[C@H](COC(C)=O)[C@@H](OC(C)=O)[C@@H]1OC(C)=O. The summed E-state index contributed by atoms with van der Waals surface area (Å²) in [5, 5.41) is 7.17. The van der Waals surface area contributed by atoms with Crippen LogP contribution in [-0.4, -0.2) is 99.4 Å². The van der Waals surface area contributed by atoms with Gasteiger partial charge < -0.3 is 44.4 Å². The number of ether oxygens (including phenoxy) is 6. The second-order valence-corrected chi connectivity index (χ2v) is 7.62. The fraction of sp³-hybridized carbons (Fsp3) is 0.714. The highest BCUT2D eigenvalue weighted by Gasteiger charge is 2.51. The Bertz CT molecular complexity index is 820. The van der Waals surface area contributed by atoms with E-state index in [1.807, 2.05) is 0 Å². The molecular weight excluding hydrogens is 486 g/mol. The Labute approximate surface area is 207 Å². The largest absolute Gasteiger partial charge is 0.465 e. The second kappa shape index (κ2) is 14.8. The number of hydrogen-bond donors (Lipinski definition) is 3. The number of hydrogen-bond acceptors (Lipinski definition) is 12. The molecular formula is C21H33N3O12. The van der Waals surface area contributed by atoms with Crippen LogP contribution < -0.4 is 16.0 Å². The summed E-state index contributed by atoms with van der Waals surface area (Å²) in [4.78, 5) is 71.1. The highest BCUT2D eigenvalue weighted by molar-refractivity contribution is 5.89. The molecule has 0 saturated carbocycles. The molecule has 0 spiro atoms. The maximum absolute atomic E-state index is 12.7. The highest BCUT2D eigenvalue weighted by atomic mass is 16.7. The molecule has 0 aromatic heterocycles. The van der Waals surface area contributed by atoms with Crippen molar-refractivity contribution < 1.29 is 57.2 Å². The van der Waals surface area contributed by atoms with Gasteiger partial charge in [0.05, 0.1) is 6.61 Å². The molecule has 0 aliphatic carbocycles. The molecule has 3 amide bonds. The van der Waals surface area contributed by atoms with E-state index < -0.39 is 72.5 Å². The van der Waals surface area contributed by atoms with Gasteiger partial charge in [0.25, 0.3) is 0 Å². The number of urea groups is 1. The lowest BCUT2D eigenvalue weighted by molar-refractivity contribution is -0.270. The van der Waals surface area contributed by atoms with Crippen LogP contribution in [0.25, 0.3) is 0 Å². The summed E-state index contributed by atoms with van der Waals surface area (Å²) >= 11 is 0. The van der Waals surface area contributed by atoms with Crippen molar-refractivity contribution in [2.75, 3.05) is 26.9 Å². The third-order valence-corrected chi connectivity index (χ3v) is 4.68. The van der Waals surface area contributed by atoms with Crippen molar-refractivity contribution in [3.8, 4) is 0 Å². The van der Waals surface area contributed by atoms with E-state index in [1.54, 1.807) is 6.92 Å². The van der Waals surface area contributed by atoms with Crippen LogP contribution in [0.1, 0.15) is 34.6 Å². The van der Waals surface area contributed by atoms with E-state index in [0.29, 0.717) is 0 Å². The summed E-state index contributed by atoms with van der Waals surface area (Å²) in [5.41, 5.74) is 0. The average Bonchev–Trinajstić information content (AvgIpc) is 2.78. The third-order valence-electron chi connectivity index (χ3n) is 4.68. The van der Waals surface area contributed by atoms with Crippen LogP contribution in [-0.2, 0) is 52.4 Å². The minimum atomic E-state index is -1.32. The number of nitrogens with one attached hydrogen (secondary N) is 3. The topological polar surface area (TPSA) is 194 Å². The Morgan fingerprint density at radius 3 is 2.06 bits per heavy atom. The van der Waals surface area contributed by atoms with Gasteiger partial charge in [-0.15, -0.1) is 0 Å². The van der Waals surface area contributed by atoms with E-state index in [-0.39, 0.29) is 19.8 Å². The first-order valence-electron chi connectivity index (χ1n) is 11.1. The number of esters is 4. The van der Waals surface area contributed by atoms with Crippen LogP contribution in [0.5, 0.6) is 0 Å². The van der Waals surface area contributed by atoms with Gasteiger partial charge in [-0.3, -0.25) is 24.0 Å². The molecule has 0 aromatic carbocycles. The Morgan fingerprint density at radius 2 is 1.53 bits per heavy atom. The second-order valence-electron chi connectivity index (χ2n) is 7.62. The normalized spacial score (nSPS) is 23.9. The Hall–Kier alpha value is -3.46. The summed E-state index contributed by atoms with van der Waals surface area (Å²) in [6.07, 6.45) is -4.93. The summed E-state index contributed by atoms with van der Waals surface area (Å²) in [5.74, 6) is -3.46.